The third kappa shape index (κ3) is 19.2. The van der Waals surface area contributed by atoms with Gasteiger partial charge in [0.05, 0.1) is 23.5 Å². The minimum atomic E-state index is -3.72. The SMILES string of the molecule is C=CSC=C(C)C.CC(NC(=O)c1cc(C=O)cc(N(C)S(=O)(=O)Cc2ccccc2)c1)c1cccnc1.CCNC(=O)[C@@H](NC(=O)C(C)NCCNC)C(C)C. The van der Waals surface area contributed by atoms with Crippen molar-refractivity contribution in [2.24, 2.45) is 5.92 Å². The molecule has 15 heteroatoms. The number of amides is 3. The molecule has 0 spiro atoms. The van der Waals surface area contributed by atoms with E-state index in [0.29, 0.717) is 24.9 Å². The van der Waals surface area contributed by atoms with Gasteiger partial charge in [-0.2, -0.15) is 0 Å². The highest BCUT2D eigenvalue weighted by Crippen LogP contribution is 2.23. The molecule has 1 heterocycles. The van der Waals surface area contributed by atoms with Crippen molar-refractivity contribution in [3.63, 3.8) is 0 Å². The van der Waals surface area contributed by atoms with Gasteiger partial charge >= 0.3 is 0 Å². The number of sulfonamides is 1. The van der Waals surface area contributed by atoms with E-state index >= 15 is 0 Å². The molecule has 0 saturated heterocycles. The number of pyridine rings is 1. The van der Waals surface area contributed by atoms with E-state index in [1.54, 1.807) is 61.4 Å². The number of thioether (sulfide) groups is 1. The Hall–Kier alpha value is -4.83. The van der Waals surface area contributed by atoms with Gasteiger partial charge in [0.25, 0.3) is 5.91 Å². The van der Waals surface area contributed by atoms with Gasteiger partial charge in [0.15, 0.2) is 0 Å². The Morgan fingerprint density at radius 2 is 1.63 bits per heavy atom. The number of anilines is 1. The monoisotopic (exact) mass is 823 g/mol. The molecule has 0 radical (unpaired) electrons. The molecule has 2 unspecified atom stereocenters. The third-order valence-electron chi connectivity index (χ3n) is 8.06. The van der Waals surface area contributed by atoms with Crippen molar-refractivity contribution in [3.8, 4) is 0 Å². The Balaban J connectivity index is 0.000000531. The van der Waals surface area contributed by atoms with E-state index in [9.17, 15) is 27.6 Å². The van der Waals surface area contributed by atoms with Crippen LogP contribution in [-0.2, 0) is 25.4 Å². The number of aldehydes is 1. The number of nitrogens with zero attached hydrogens (tertiary/aromatic N) is 2. The van der Waals surface area contributed by atoms with E-state index in [0.717, 1.165) is 16.4 Å². The van der Waals surface area contributed by atoms with Gasteiger partial charge in [-0.1, -0.05) is 62.4 Å². The smallest absolute Gasteiger partial charge is 0.251 e. The summed E-state index contributed by atoms with van der Waals surface area (Å²) in [6, 6.07) is 15.6. The number of aromatic nitrogens is 1. The number of rotatable bonds is 19. The van der Waals surface area contributed by atoms with Crippen molar-refractivity contribution < 1.29 is 27.6 Å². The Labute approximate surface area is 344 Å². The third-order valence-corrected chi connectivity index (χ3v) is 10.6. The summed E-state index contributed by atoms with van der Waals surface area (Å²) < 4.78 is 26.8. The highest BCUT2D eigenvalue weighted by molar-refractivity contribution is 8.04. The van der Waals surface area contributed by atoms with E-state index in [1.807, 2.05) is 52.3 Å². The van der Waals surface area contributed by atoms with Gasteiger partial charge in [-0.25, -0.2) is 8.42 Å². The summed E-state index contributed by atoms with van der Waals surface area (Å²) in [6.45, 7) is 19.0. The predicted octanol–water partition coefficient (Wildman–Crippen LogP) is 5.60. The number of hydrogen-bond donors (Lipinski definition) is 5. The number of carbonyl (C=O) groups excluding carboxylic acids is 4. The average Bonchev–Trinajstić information content (AvgIpc) is 3.19. The van der Waals surface area contributed by atoms with Crippen molar-refractivity contribution in [2.75, 3.05) is 38.0 Å². The zero-order valence-electron chi connectivity index (χ0n) is 34.7. The van der Waals surface area contributed by atoms with Gasteiger partial charge < -0.3 is 26.6 Å². The molecule has 57 heavy (non-hydrogen) atoms. The minimum absolute atomic E-state index is 0.0556. The molecular weight excluding hydrogens is 763 g/mol. The first-order chi connectivity index (χ1) is 27.0. The summed E-state index contributed by atoms with van der Waals surface area (Å²) >= 11 is 1.62. The maximum atomic E-state index is 12.9. The van der Waals surface area contributed by atoms with Gasteiger partial charge in [0, 0.05) is 50.2 Å². The van der Waals surface area contributed by atoms with Crippen LogP contribution in [0.5, 0.6) is 0 Å². The van der Waals surface area contributed by atoms with Crippen molar-refractivity contribution in [1.29, 1.82) is 0 Å². The number of likely N-dealkylation sites (N-methyl/N-ethyl adjacent to an activating group) is 2. The first-order valence-electron chi connectivity index (χ1n) is 18.7. The predicted molar refractivity (Wildman–Crippen MR) is 233 cm³/mol. The second kappa shape index (κ2) is 26.9. The van der Waals surface area contributed by atoms with Crippen LogP contribution >= 0.6 is 11.8 Å². The average molecular weight is 824 g/mol. The summed E-state index contributed by atoms with van der Waals surface area (Å²) in [6.07, 6.45) is 3.88. The van der Waals surface area contributed by atoms with E-state index in [-0.39, 0.29) is 52.4 Å². The van der Waals surface area contributed by atoms with Crippen LogP contribution in [-0.4, -0.2) is 83.2 Å². The fourth-order valence-electron chi connectivity index (χ4n) is 4.84. The van der Waals surface area contributed by atoms with Gasteiger partial charge in [-0.15, -0.1) is 11.8 Å². The van der Waals surface area contributed by atoms with E-state index in [1.165, 1.54) is 30.8 Å². The molecule has 0 aliphatic carbocycles. The van der Waals surface area contributed by atoms with E-state index < -0.39 is 22.0 Å². The van der Waals surface area contributed by atoms with Crippen molar-refractivity contribution in [1.82, 2.24) is 31.6 Å². The van der Waals surface area contributed by atoms with Crippen LogP contribution in [0.15, 0.2) is 96.0 Å². The highest BCUT2D eigenvalue weighted by Gasteiger charge is 2.26. The first kappa shape index (κ1) is 50.2. The van der Waals surface area contributed by atoms with Crippen LogP contribution in [0, 0.1) is 5.92 Å². The second-order valence-corrected chi connectivity index (χ2v) is 16.4. The molecule has 3 atom stereocenters. The first-order valence-corrected chi connectivity index (χ1v) is 21.2. The molecule has 0 saturated carbocycles. The topological polar surface area (TPSA) is 179 Å². The number of hydrogen-bond acceptors (Lipinski definition) is 10. The summed E-state index contributed by atoms with van der Waals surface area (Å²) in [7, 11) is -0.460. The molecule has 3 rings (SSSR count). The Bertz CT molecular complexity index is 1840. The lowest BCUT2D eigenvalue weighted by Gasteiger charge is -2.23. The van der Waals surface area contributed by atoms with Crippen LogP contribution in [0.3, 0.4) is 0 Å². The fraction of sp³-hybridized carbons (Fsp3) is 0.405. The van der Waals surface area contributed by atoms with Crippen LogP contribution in [0.4, 0.5) is 5.69 Å². The molecular formula is C42H61N7O6S2. The zero-order valence-corrected chi connectivity index (χ0v) is 36.3. The highest BCUT2D eigenvalue weighted by atomic mass is 32.2. The number of allylic oxidation sites excluding steroid dienone is 1. The Morgan fingerprint density at radius 1 is 0.947 bits per heavy atom. The summed E-state index contributed by atoms with van der Waals surface area (Å²) in [5.74, 6) is -0.848. The van der Waals surface area contributed by atoms with Crippen molar-refractivity contribution >= 4 is 51.5 Å². The molecule has 13 nitrogen and oxygen atoms in total. The van der Waals surface area contributed by atoms with Crippen LogP contribution in [0.25, 0.3) is 0 Å². The second-order valence-electron chi connectivity index (χ2n) is 13.5. The maximum absolute atomic E-state index is 12.9. The van der Waals surface area contributed by atoms with E-state index in [2.05, 4.69) is 57.4 Å². The molecule has 0 bridgehead atoms. The Kier molecular flexibility index (Phi) is 23.7. The lowest BCUT2D eigenvalue weighted by atomic mass is 10.0. The normalized spacial score (nSPS) is 12.2. The quantitative estimate of drug-likeness (QED) is 0.0756. The zero-order chi connectivity index (χ0) is 43.0. The summed E-state index contributed by atoms with van der Waals surface area (Å²) in [4.78, 5) is 52.1. The molecule has 2 aromatic carbocycles. The van der Waals surface area contributed by atoms with E-state index in [4.69, 9.17) is 0 Å². The van der Waals surface area contributed by atoms with Gasteiger partial charge in [-0.3, -0.25) is 28.5 Å². The largest absolute Gasteiger partial charge is 0.355 e. The van der Waals surface area contributed by atoms with Crippen molar-refractivity contribution in [2.45, 2.75) is 72.3 Å². The van der Waals surface area contributed by atoms with Gasteiger partial charge in [-0.05, 0) is 93.8 Å². The fourth-order valence-corrected chi connectivity index (χ4v) is 6.44. The number of carbonyl (C=O) groups is 4. The van der Waals surface area contributed by atoms with Crippen LogP contribution in [0.1, 0.15) is 86.4 Å². The summed E-state index contributed by atoms with van der Waals surface area (Å²) in [5, 5.41) is 18.3. The molecule has 0 fully saturated rings. The molecule has 312 valence electrons. The molecule has 0 aliphatic heterocycles. The number of nitrogens with one attached hydrogen (secondary N) is 5. The Morgan fingerprint density at radius 3 is 2.16 bits per heavy atom. The molecule has 3 amide bonds. The molecule has 3 aromatic rings. The standard InChI is InChI=1S/C23H23N3O4S.C13H28N4O2.C6H10S/c1-17(20-9-6-10-24-14-20)25-23(28)21-11-19(15-27)12-22(13-21)26(2)31(29,30)16-18-7-4-3-5-8-18;1-6-15-13(19)11(9(2)3)17-12(18)10(4)16-8-7-14-5;1-4-7-5-6(2)3/h3-15,17H,16H2,1-2H3,(H,25,28);9-11,14,16H,6-8H2,1-5H3,(H,15,19)(H,17,18);4-5H,1H2,2-3H3/t;10?,11-;/m.0./s1. The van der Waals surface area contributed by atoms with Crippen LogP contribution in [0.2, 0.25) is 0 Å². The molecule has 1 aromatic heterocycles. The van der Waals surface area contributed by atoms with Gasteiger partial charge in [0.2, 0.25) is 21.8 Å². The number of benzene rings is 2. The maximum Gasteiger partial charge on any atom is 0.251 e. The van der Waals surface area contributed by atoms with Crippen LogP contribution < -0.4 is 30.9 Å². The van der Waals surface area contributed by atoms with Crippen molar-refractivity contribution in [3.05, 3.63) is 118 Å². The minimum Gasteiger partial charge on any atom is -0.355 e. The molecule has 5 N–H and O–H groups in total. The lowest BCUT2D eigenvalue weighted by molar-refractivity contribution is -0.130. The van der Waals surface area contributed by atoms with Gasteiger partial charge in [0.1, 0.15) is 12.3 Å². The lowest BCUT2D eigenvalue weighted by Crippen LogP contribution is -2.54. The molecule has 0 aliphatic rings. The summed E-state index contributed by atoms with van der Waals surface area (Å²) in [5.41, 5.74) is 3.43.